The lowest BCUT2D eigenvalue weighted by Crippen LogP contribution is -2.30. The van der Waals surface area contributed by atoms with Crippen molar-refractivity contribution >= 4 is 17.5 Å². The first-order valence-corrected chi connectivity index (χ1v) is 6.88. The summed E-state index contributed by atoms with van der Waals surface area (Å²) in [5, 5.41) is 10.8. The van der Waals surface area contributed by atoms with Crippen LogP contribution < -0.4 is 5.32 Å². The molecule has 1 amide bonds. The van der Waals surface area contributed by atoms with Crippen LogP contribution >= 0.6 is 11.6 Å². The number of aryl methyl sites for hydroxylation is 2. The average Bonchev–Trinajstić information content (AvgIpc) is 2.48. The number of hydrogen-bond acceptors (Lipinski definition) is 3. The van der Waals surface area contributed by atoms with E-state index in [1.54, 1.807) is 19.9 Å². The first-order chi connectivity index (χ1) is 9.61. The smallest absolute Gasteiger partial charge is 0.253 e. The molecule has 20 heavy (non-hydrogen) atoms. The third-order valence-corrected chi connectivity index (χ3v) is 3.32. The van der Waals surface area contributed by atoms with Crippen molar-refractivity contribution in [2.75, 3.05) is 5.88 Å². The van der Waals surface area contributed by atoms with Crippen molar-refractivity contribution in [1.82, 2.24) is 15.5 Å². The number of halogens is 1. The molecule has 1 heterocycles. The zero-order valence-electron chi connectivity index (χ0n) is 11.4. The zero-order valence-corrected chi connectivity index (χ0v) is 12.2. The van der Waals surface area contributed by atoms with Gasteiger partial charge >= 0.3 is 0 Å². The van der Waals surface area contributed by atoms with Crippen LogP contribution in [0.5, 0.6) is 0 Å². The molecular formula is C15H16ClN3O. The summed E-state index contributed by atoms with van der Waals surface area (Å²) < 4.78 is 0. The molecule has 1 aromatic carbocycles. The minimum absolute atomic E-state index is 0.185. The Morgan fingerprint density at radius 3 is 2.60 bits per heavy atom. The summed E-state index contributed by atoms with van der Waals surface area (Å²) in [6.07, 6.45) is 0. The van der Waals surface area contributed by atoms with E-state index in [1.807, 2.05) is 30.3 Å². The number of nitrogens with zero attached hydrogens (tertiary/aromatic N) is 2. The molecule has 1 atom stereocenters. The largest absolute Gasteiger partial charge is 0.344 e. The predicted molar refractivity (Wildman–Crippen MR) is 78.9 cm³/mol. The lowest BCUT2D eigenvalue weighted by molar-refractivity contribution is 0.0939. The van der Waals surface area contributed by atoms with Crippen LogP contribution in [-0.4, -0.2) is 22.0 Å². The molecule has 2 rings (SSSR count). The summed E-state index contributed by atoms with van der Waals surface area (Å²) in [5.74, 6) is 0.127. The van der Waals surface area contributed by atoms with E-state index in [0.29, 0.717) is 22.8 Å². The Morgan fingerprint density at radius 2 is 1.95 bits per heavy atom. The van der Waals surface area contributed by atoms with Crippen molar-refractivity contribution in [3.63, 3.8) is 0 Å². The van der Waals surface area contributed by atoms with Gasteiger partial charge in [0.2, 0.25) is 0 Å². The summed E-state index contributed by atoms with van der Waals surface area (Å²) in [5.41, 5.74) is 2.83. The molecule has 1 aromatic heterocycles. The molecule has 1 N–H and O–H groups in total. The Labute approximate surface area is 123 Å². The summed E-state index contributed by atoms with van der Waals surface area (Å²) in [4.78, 5) is 12.3. The monoisotopic (exact) mass is 289 g/mol. The van der Waals surface area contributed by atoms with Gasteiger partial charge in [-0.2, -0.15) is 10.2 Å². The van der Waals surface area contributed by atoms with Gasteiger partial charge in [0.05, 0.1) is 23.0 Å². The maximum Gasteiger partial charge on any atom is 0.253 e. The molecule has 0 fully saturated rings. The van der Waals surface area contributed by atoms with Crippen LogP contribution in [0, 0.1) is 13.8 Å². The van der Waals surface area contributed by atoms with Gasteiger partial charge in [0.1, 0.15) is 0 Å². The normalized spacial score (nSPS) is 11.9. The minimum atomic E-state index is -0.224. The first-order valence-electron chi connectivity index (χ1n) is 6.34. The van der Waals surface area contributed by atoms with E-state index in [9.17, 15) is 4.79 Å². The van der Waals surface area contributed by atoms with E-state index in [0.717, 1.165) is 5.56 Å². The maximum absolute atomic E-state index is 12.3. The molecule has 0 radical (unpaired) electrons. The van der Waals surface area contributed by atoms with Crippen LogP contribution in [0.1, 0.15) is 33.4 Å². The molecule has 0 saturated heterocycles. The van der Waals surface area contributed by atoms with Crippen LogP contribution in [0.25, 0.3) is 0 Å². The second-order valence-corrected chi connectivity index (χ2v) is 4.88. The van der Waals surface area contributed by atoms with E-state index >= 15 is 0 Å². The van der Waals surface area contributed by atoms with Gasteiger partial charge in [-0.15, -0.1) is 11.6 Å². The molecule has 0 aliphatic heterocycles. The fourth-order valence-electron chi connectivity index (χ4n) is 1.91. The van der Waals surface area contributed by atoms with Crippen molar-refractivity contribution in [2.24, 2.45) is 0 Å². The van der Waals surface area contributed by atoms with Crippen molar-refractivity contribution < 1.29 is 4.79 Å². The number of carbonyl (C=O) groups is 1. The highest BCUT2D eigenvalue weighted by molar-refractivity contribution is 6.18. The summed E-state index contributed by atoms with van der Waals surface area (Å²) >= 11 is 5.96. The van der Waals surface area contributed by atoms with Crippen LogP contribution in [0.3, 0.4) is 0 Å². The van der Waals surface area contributed by atoms with E-state index < -0.39 is 0 Å². The van der Waals surface area contributed by atoms with Crippen LogP contribution in [-0.2, 0) is 0 Å². The molecular weight excluding hydrogens is 274 g/mol. The van der Waals surface area contributed by atoms with E-state index in [1.165, 1.54) is 0 Å². The Morgan fingerprint density at radius 1 is 1.25 bits per heavy atom. The fraction of sp³-hybridized carbons (Fsp3) is 0.267. The number of aromatic nitrogens is 2. The fourth-order valence-corrected chi connectivity index (χ4v) is 2.17. The molecule has 0 bridgehead atoms. The van der Waals surface area contributed by atoms with Crippen molar-refractivity contribution in [3.05, 3.63) is 58.9 Å². The molecule has 1 unspecified atom stereocenters. The van der Waals surface area contributed by atoms with Gasteiger partial charge in [-0.05, 0) is 25.5 Å². The van der Waals surface area contributed by atoms with Gasteiger partial charge in [0, 0.05) is 5.88 Å². The Kier molecular flexibility index (Phi) is 4.69. The molecule has 2 aromatic rings. The van der Waals surface area contributed by atoms with Gasteiger partial charge in [-0.1, -0.05) is 30.3 Å². The van der Waals surface area contributed by atoms with Crippen molar-refractivity contribution in [3.8, 4) is 0 Å². The minimum Gasteiger partial charge on any atom is -0.344 e. The number of hydrogen-bond donors (Lipinski definition) is 1. The SMILES string of the molecule is Cc1cc(C(=O)NC(CCl)c2ccccc2)c(C)nn1. The third-order valence-electron chi connectivity index (χ3n) is 3.01. The number of nitrogens with one attached hydrogen (secondary N) is 1. The zero-order chi connectivity index (χ0) is 14.5. The molecule has 0 spiro atoms. The highest BCUT2D eigenvalue weighted by Crippen LogP contribution is 2.15. The van der Waals surface area contributed by atoms with Gasteiger partial charge in [-0.25, -0.2) is 0 Å². The second-order valence-electron chi connectivity index (χ2n) is 4.58. The highest BCUT2D eigenvalue weighted by atomic mass is 35.5. The molecule has 0 aliphatic rings. The topological polar surface area (TPSA) is 54.9 Å². The van der Waals surface area contributed by atoms with Crippen molar-refractivity contribution in [2.45, 2.75) is 19.9 Å². The van der Waals surface area contributed by atoms with Gasteiger partial charge in [0.15, 0.2) is 0 Å². The maximum atomic E-state index is 12.3. The third kappa shape index (κ3) is 3.33. The van der Waals surface area contributed by atoms with Crippen LogP contribution in [0.4, 0.5) is 0 Å². The van der Waals surface area contributed by atoms with Crippen molar-refractivity contribution in [1.29, 1.82) is 0 Å². The summed E-state index contributed by atoms with van der Waals surface area (Å²) in [6, 6.07) is 11.2. The quantitative estimate of drug-likeness (QED) is 0.881. The lowest BCUT2D eigenvalue weighted by atomic mass is 10.1. The summed E-state index contributed by atoms with van der Waals surface area (Å²) in [6.45, 7) is 3.57. The van der Waals surface area contributed by atoms with Gasteiger partial charge in [0.25, 0.3) is 5.91 Å². The number of rotatable bonds is 4. The molecule has 5 heteroatoms. The Hall–Kier alpha value is -1.94. The van der Waals surface area contributed by atoms with E-state index in [4.69, 9.17) is 11.6 Å². The number of alkyl halides is 1. The number of amides is 1. The van der Waals surface area contributed by atoms with Crippen LogP contribution in [0.2, 0.25) is 0 Å². The molecule has 4 nitrogen and oxygen atoms in total. The standard InChI is InChI=1S/C15H16ClN3O/c1-10-8-13(11(2)19-18-10)15(20)17-14(9-16)12-6-4-3-5-7-12/h3-8,14H,9H2,1-2H3,(H,17,20). The highest BCUT2D eigenvalue weighted by Gasteiger charge is 2.17. The van der Waals surface area contributed by atoms with E-state index in [-0.39, 0.29) is 11.9 Å². The molecule has 0 saturated carbocycles. The number of carbonyl (C=O) groups excluding carboxylic acids is 1. The summed E-state index contributed by atoms with van der Waals surface area (Å²) in [7, 11) is 0. The first kappa shape index (κ1) is 14.5. The van der Waals surface area contributed by atoms with Crippen LogP contribution in [0.15, 0.2) is 36.4 Å². The lowest BCUT2D eigenvalue weighted by Gasteiger charge is -2.17. The predicted octanol–water partition coefficient (Wildman–Crippen LogP) is 2.80. The van der Waals surface area contributed by atoms with E-state index in [2.05, 4.69) is 15.5 Å². The van der Waals surface area contributed by atoms with Gasteiger partial charge in [-0.3, -0.25) is 4.79 Å². The Bertz CT molecular complexity index is 601. The van der Waals surface area contributed by atoms with Gasteiger partial charge < -0.3 is 5.32 Å². The number of benzene rings is 1. The Balaban J connectivity index is 2.20. The molecule has 104 valence electrons. The molecule has 0 aliphatic carbocycles. The second kappa shape index (κ2) is 6.48. The average molecular weight is 290 g/mol.